The van der Waals surface area contributed by atoms with Gasteiger partial charge in [-0.3, -0.25) is 14.3 Å². The highest BCUT2D eigenvalue weighted by molar-refractivity contribution is 6.30. The number of ether oxygens (including phenoxy) is 1. The Morgan fingerprint density at radius 1 is 1.32 bits per heavy atom. The lowest BCUT2D eigenvalue weighted by Gasteiger charge is -2.70. The molecule has 1 N–H and O–H groups in total. The van der Waals surface area contributed by atoms with E-state index in [0.29, 0.717) is 12.1 Å². The number of benzene rings is 1. The number of amides is 1. The van der Waals surface area contributed by atoms with Gasteiger partial charge in [-0.15, -0.1) is 0 Å². The SMILES string of the molecule is Cc1cc(C(=O)CC23CC(NC(=O)COc4ccc(Cl)c(F)c4)(C2)C3)n(C)n1. The van der Waals surface area contributed by atoms with Crippen molar-refractivity contribution in [2.75, 3.05) is 6.61 Å². The summed E-state index contributed by atoms with van der Waals surface area (Å²) in [6.45, 7) is 1.67. The fraction of sp³-hybridized carbons (Fsp3) is 0.450. The Kier molecular flexibility index (Phi) is 4.45. The molecule has 0 aliphatic heterocycles. The topological polar surface area (TPSA) is 73.2 Å². The number of aromatic nitrogens is 2. The number of carbonyl (C=O) groups excluding carboxylic acids is 2. The zero-order valence-corrected chi connectivity index (χ0v) is 16.5. The first-order valence-electron chi connectivity index (χ1n) is 9.12. The lowest BCUT2D eigenvalue weighted by Crippen LogP contribution is -2.75. The summed E-state index contributed by atoms with van der Waals surface area (Å²) >= 11 is 5.62. The van der Waals surface area contributed by atoms with Gasteiger partial charge in [-0.1, -0.05) is 11.6 Å². The van der Waals surface area contributed by atoms with Crippen molar-refractivity contribution in [1.82, 2.24) is 15.1 Å². The molecule has 28 heavy (non-hydrogen) atoms. The number of hydrogen-bond donors (Lipinski definition) is 1. The predicted molar refractivity (Wildman–Crippen MR) is 101 cm³/mol. The Hall–Kier alpha value is -2.41. The summed E-state index contributed by atoms with van der Waals surface area (Å²) in [5.74, 6) is -0.495. The molecule has 1 aromatic heterocycles. The maximum Gasteiger partial charge on any atom is 0.258 e. The van der Waals surface area contributed by atoms with E-state index in [1.54, 1.807) is 11.7 Å². The number of carbonyl (C=O) groups is 2. The molecule has 8 heteroatoms. The highest BCUT2D eigenvalue weighted by Crippen LogP contribution is 2.69. The second-order valence-electron chi connectivity index (χ2n) is 8.12. The van der Waals surface area contributed by atoms with Crippen LogP contribution < -0.4 is 10.1 Å². The molecule has 2 aromatic rings. The van der Waals surface area contributed by atoms with Crippen LogP contribution in [-0.2, 0) is 11.8 Å². The number of hydrogen-bond acceptors (Lipinski definition) is 4. The van der Waals surface area contributed by atoms with Gasteiger partial charge < -0.3 is 10.1 Å². The van der Waals surface area contributed by atoms with E-state index in [1.807, 2.05) is 13.0 Å². The van der Waals surface area contributed by atoms with Gasteiger partial charge in [-0.25, -0.2) is 4.39 Å². The van der Waals surface area contributed by atoms with Gasteiger partial charge in [0.05, 0.1) is 10.7 Å². The average Bonchev–Trinajstić information content (AvgIpc) is 2.91. The van der Waals surface area contributed by atoms with E-state index in [1.165, 1.54) is 12.1 Å². The van der Waals surface area contributed by atoms with E-state index in [-0.39, 0.29) is 40.0 Å². The number of halogens is 2. The van der Waals surface area contributed by atoms with Gasteiger partial charge in [-0.2, -0.15) is 5.10 Å². The van der Waals surface area contributed by atoms with Gasteiger partial charge in [0.15, 0.2) is 12.4 Å². The summed E-state index contributed by atoms with van der Waals surface area (Å²) in [6, 6.07) is 5.86. The Balaban J connectivity index is 1.25. The summed E-state index contributed by atoms with van der Waals surface area (Å²) < 4.78 is 20.3. The first-order valence-corrected chi connectivity index (χ1v) is 9.50. The lowest BCUT2D eigenvalue weighted by molar-refractivity contribution is -0.164. The van der Waals surface area contributed by atoms with Gasteiger partial charge in [0, 0.05) is 25.1 Å². The third-order valence-corrected chi connectivity index (χ3v) is 5.94. The largest absolute Gasteiger partial charge is 0.484 e. The molecule has 0 atom stereocenters. The van der Waals surface area contributed by atoms with Crippen molar-refractivity contribution in [3.05, 3.63) is 46.5 Å². The van der Waals surface area contributed by atoms with E-state index in [4.69, 9.17) is 16.3 Å². The van der Waals surface area contributed by atoms with Crippen molar-refractivity contribution in [3.8, 4) is 5.75 Å². The minimum absolute atomic E-state index is 0.00629. The minimum Gasteiger partial charge on any atom is -0.484 e. The number of Topliss-reactive ketones (excluding diaryl/α,β-unsaturated/α-hetero) is 1. The van der Waals surface area contributed by atoms with Crippen molar-refractivity contribution >= 4 is 23.3 Å². The minimum atomic E-state index is -0.589. The molecular formula is C20H21ClFN3O3. The maximum atomic E-state index is 13.4. The summed E-state index contributed by atoms with van der Waals surface area (Å²) in [5, 5.41) is 7.22. The van der Waals surface area contributed by atoms with Gasteiger partial charge >= 0.3 is 0 Å². The van der Waals surface area contributed by atoms with Crippen LogP contribution in [0, 0.1) is 18.2 Å². The van der Waals surface area contributed by atoms with E-state index >= 15 is 0 Å². The summed E-state index contributed by atoms with van der Waals surface area (Å²) in [4.78, 5) is 24.7. The van der Waals surface area contributed by atoms with Crippen LogP contribution in [0.1, 0.15) is 41.9 Å². The Labute approximate surface area is 167 Å². The molecule has 148 valence electrons. The standard InChI is InChI=1S/C20H21ClFN3O3/c1-12-5-16(25(2)24-12)17(26)7-19-9-20(10-19,11-19)23-18(27)8-28-13-3-4-14(21)15(22)6-13/h3-6H,7-11H2,1-2H3,(H,23,27). The van der Waals surface area contributed by atoms with Crippen molar-refractivity contribution in [3.63, 3.8) is 0 Å². The fourth-order valence-corrected chi connectivity index (χ4v) is 4.79. The number of ketones is 1. The zero-order valence-electron chi connectivity index (χ0n) is 15.7. The quantitative estimate of drug-likeness (QED) is 0.718. The van der Waals surface area contributed by atoms with Crippen LogP contribution in [0.3, 0.4) is 0 Å². The normalized spacial score (nSPS) is 24.9. The Morgan fingerprint density at radius 2 is 2.04 bits per heavy atom. The van der Waals surface area contributed by atoms with Crippen LogP contribution in [0.25, 0.3) is 0 Å². The third-order valence-electron chi connectivity index (χ3n) is 5.63. The Morgan fingerprint density at radius 3 is 2.64 bits per heavy atom. The molecule has 1 amide bonds. The molecule has 0 radical (unpaired) electrons. The van der Waals surface area contributed by atoms with E-state index in [0.717, 1.165) is 31.0 Å². The summed E-state index contributed by atoms with van der Waals surface area (Å²) in [6.07, 6.45) is 2.86. The second-order valence-corrected chi connectivity index (χ2v) is 8.53. The second kappa shape index (κ2) is 6.58. The Bertz CT molecular complexity index is 952. The highest BCUT2D eigenvalue weighted by Gasteiger charge is 2.68. The molecule has 3 fully saturated rings. The number of nitrogens with one attached hydrogen (secondary N) is 1. The predicted octanol–water partition coefficient (Wildman–Crippen LogP) is 3.21. The highest BCUT2D eigenvalue weighted by atomic mass is 35.5. The maximum absolute atomic E-state index is 13.4. The molecule has 2 bridgehead atoms. The van der Waals surface area contributed by atoms with Crippen LogP contribution in [0.2, 0.25) is 5.02 Å². The van der Waals surface area contributed by atoms with Gasteiger partial charge in [0.1, 0.15) is 17.3 Å². The van der Waals surface area contributed by atoms with Crippen LogP contribution in [0.4, 0.5) is 4.39 Å². The molecule has 0 saturated heterocycles. The molecule has 1 heterocycles. The first-order chi connectivity index (χ1) is 13.2. The van der Waals surface area contributed by atoms with Crippen LogP contribution in [0.15, 0.2) is 24.3 Å². The van der Waals surface area contributed by atoms with E-state index in [2.05, 4.69) is 10.4 Å². The van der Waals surface area contributed by atoms with Gasteiger partial charge in [-0.05, 0) is 49.8 Å². The molecule has 3 saturated carbocycles. The molecule has 3 aliphatic carbocycles. The monoisotopic (exact) mass is 405 g/mol. The van der Waals surface area contributed by atoms with Gasteiger partial charge in [0.2, 0.25) is 0 Å². The molecule has 6 nitrogen and oxygen atoms in total. The molecule has 1 aromatic carbocycles. The molecule has 0 unspecified atom stereocenters. The average molecular weight is 406 g/mol. The number of aryl methyl sites for hydroxylation is 2. The first kappa shape index (κ1) is 18.9. The fourth-order valence-electron chi connectivity index (χ4n) is 4.67. The molecule has 0 spiro atoms. The van der Waals surface area contributed by atoms with Crippen molar-refractivity contribution in [2.45, 2.75) is 38.1 Å². The van der Waals surface area contributed by atoms with Gasteiger partial charge in [0.25, 0.3) is 5.91 Å². The number of nitrogens with zero attached hydrogens (tertiary/aromatic N) is 2. The van der Waals surface area contributed by atoms with Crippen molar-refractivity contribution < 1.29 is 18.7 Å². The molecule has 3 aliphatic rings. The van der Waals surface area contributed by atoms with E-state index < -0.39 is 5.82 Å². The summed E-state index contributed by atoms with van der Waals surface area (Å²) in [7, 11) is 1.77. The van der Waals surface area contributed by atoms with Crippen LogP contribution in [0.5, 0.6) is 5.75 Å². The van der Waals surface area contributed by atoms with Crippen molar-refractivity contribution in [1.29, 1.82) is 0 Å². The summed E-state index contributed by atoms with van der Waals surface area (Å²) in [5.41, 5.74) is 1.22. The molecular weight excluding hydrogens is 385 g/mol. The van der Waals surface area contributed by atoms with E-state index in [9.17, 15) is 14.0 Å². The third kappa shape index (κ3) is 3.39. The lowest BCUT2D eigenvalue weighted by atomic mass is 9.38. The molecule has 5 rings (SSSR count). The van der Waals surface area contributed by atoms with Crippen LogP contribution in [-0.4, -0.2) is 33.6 Å². The zero-order chi connectivity index (χ0) is 20.1. The number of rotatable bonds is 7. The van der Waals surface area contributed by atoms with Crippen molar-refractivity contribution in [2.24, 2.45) is 12.5 Å². The smallest absolute Gasteiger partial charge is 0.258 e. The van der Waals surface area contributed by atoms with Crippen LogP contribution >= 0.6 is 11.6 Å².